The average molecular weight is 313 g/mol. The molecule has 1 unspecified atom stereocenters. The van der Waals surface area contributed by atoms with Crippen molar-refractivity contribution in [3.05, 3.63) is 24.0 Å². The fourth-order valence-corrected chi connectivity index (χ4v) is 2.99. The van der Waals surface area contributed by atoms with Crippen LogP contribution in [-0.2, 0) is 4.79 Å². The molecule has 3 heterocycles. The maximum atomic E-state index is 12.5. The second kappa shape index (κ2) is 5.72. The Labute approximate surface area is 134 Å². The van der Waals surface area contributed by atoms with Crippen LogP contribution in [0.3, 0.4) is 0 Å². The van der Waals surface area contributed by atoms with Gasteiger partial charge in [0, 0.05) is 18.7 Å². The van der Waals surface area contributed by atoms with Crippen LogP contribution in [0.25, 0.3) is 11.6 Å². The standard InChI is InChI=1S/C16H19N5O2/c1-10-8-18-12(9-17-10)14-19-20-15(23-14)13-4-2-3-7-21(13)16(22)11-5-6-11/h8-9,11,13H,2-7H2,1H3. The van der Waals surface area contributed by atoms with Crippen LogP contribution in [0.15, 0.2) is 16.8 Å². The van der Waals surface area contributed by atoms with Crippen LogP contribution in [-0.4, -0.2) is 37.5 Å². The van der Waals surface area contributed by atoms with Crippen LogP contribution in [0.4, 0.5) is 0 Å². The normalized spacial score (nSPS) is 21.4. The number of nitrogens with zero attached hydrogens (tertiary/aromatic N) is 5. The first kappa shape index (κ1) is 14.3. The van der Waals surface area contributed by atoms with Crippen LogP contribution in [0.5, 0.6) is 0 Å². The maximum Gasteiger partial charge on any atom is 0.267 e. The van der Waals surface area contributed by atoms with Gasteiger partial charge >= 0.3 is 0 Å². The summed E-state index contributed by atoms with van der Waals surface area (Å²) in [4.78, 5) is 22.9. The van der Waals surface area contributed by atoms with Crippen LogP contribution in [0.2, 0.25) is 0 Å². The van der Waals surface area contributed by atoms with Crippen LogP contribution < -0.4 is 0 Å². The van der Waals surface area contributed by atoms with Crippen molar-refractivity contribution in [2.75, 3.05) is 6.54 Å². The summed E-state index contributed by atoms with van der Waals surface area (Å²) in [5.41, 5.74) is 1.40. The van der Waals surface area contributed by atoms with Crippen molar-refractivity contribution in [2.45, 2.75) is 45.1 Å². The highest BCUT2D eigenvalue weighted by Gasteiger charge is 2.39. The lowest BCUT2D eigenvalue weighted by Gasteiger charge is -2.33. The summed E-state index contributed by atoms with van der Waals surface area (Å²) < 4.78 is 5.81. The minimum Gasteiger partial charge on any atom is -0.417 e. The summed E-state index contributed by atoms with van der Waals surface area (Å²) in [6.07, 6.45) is 8.30. The molecule has 120 valence electrons. The number of amides is 1. The third-order valence-electron chi connectivity index (χ3n) is 4.44. The predicted molar refractivity (Wildman–Crippen MR) is 81.1 cm³/mol. The van der Waals surface area contributed by atoms with Gasteiger partial charge in [0.05, 0.1) is 11.9 Å². The largest absolute Gasteiger partial charge is 0.417 e. The van der Waals surface area contributed by atoms with Gasteiger partial charge in [0.2, 0.25) is 11.8 Å². The highest BCUT2D eigenvalue weighted by Crippen LogP contribution is 2.37. The summed E-state index contributed by atoms with van der Waals surface area (Å²) in [5, 5.41) is 8.26. The van der Waals surface area contributed by atoms with Gasteiger partial charge in [0.15, 0.2) is 0 Å². The molecule has 4 rings (SSSR count). The van der Waals surface area contributed by atoms with E-state index in [1.165, 1.54) is 0 Å². The fourth-order valence-electron chi connectivity index (χ4n) is 2.99. The molecule has 7 heteroatoms. The SMILES string of the molecule is Cc1cnc(-c2nnc(C3CCCCN3C(=O)C3CC3)o2)cn1. The Balaban J connectivity index is 1.58. The molecule has 0 spiro atoms. The zero-order valence-electron chi connectivity index (χ0n) is 13.1. The molecule has 0 bridgehead atoms. The second-order valence-corrected chi connectivity index (χ2v) is 6.31. The van der Waals surface area contributed by atoms with E-state index in [4.69, 9.17) is 4.42 Å². The third kappa shape index (κ3) is 2.83. The van der Waals surface area contributed by atoms with Gasteiger partial charge in [-0.1, -0.05) is 0 Å². The summed E-state index contributed by atoms with van der Waals surface area (Å²) in [6.45, 7) is 2.65. The lowest BCUT2D eigenvalue weighted by molar-refractivity contribution is -0.137. The highest BCUT2D eigenvalue weighted by molar-refractivity contribution is 5.81. The number of carbonyl (C=O) groups is 1. The molecule has 1 saturated carbocycles. The van der Waals surface area contributed by atoms with Crippen LogP contribution >= 0.6 is 0 Å². The van der Waals surface area contributed by atoms with Gasteiger partial charge in [-0.15, -0.1) is 10.2 Å². The molecule has 2 aliphatic rings. The van der Waals surface area contributed by atoms with E-state index in [-0.39, 0.29) is 17.9 Å². The van der Waals surface area contributed by atoms with Crippen LogP contribution in [0, 0.1) is 12.8 Å². The van der Waals surface area contributed by atoms with Crippen molar-refractivity contribution in [2.24, 2.45) is 5.92 Å². The Bertz CT molecular complexity index is 708. The lowest BCUT2D eigenvalue weighted by Crippen LogP contribution is -2.39. The van der Waals surface area contributed by atoms with E-state index >= 15 is 0 Å². The number of carbonyl (C=O) groups excluding carboxylic acids is 1. The van der Waals surface area contributed by atoms with E-state index in [2.05, 4.69) is 20.2 Å². The first-order chi connectivity index (χ1) is 11.2. The van der Waals surface area contributed by atoms with E-state index in [1.807, 2.05) is 11.8 Å². The van der Waals surface area contributed by atoms with E-state index in [1.54, 1.807) is 12.4 Å². The molecule has 2 aromatic heterocycles. The molecule has 1 atom stereocenters. The van der Waals surface area contributed by atoms with Gasteiger partial charge in [0.1, 0.15) is 11.7 Å². The maximum absolute atomic E-state index is 12.5. The number of hydrogen-bond donors (Lipinski definition) is 0. The Morgan fingerprint density at radius 3 is 2.78 bits per heavy atom. The molecule has 2 aromatic rings. The van der Waals surface area contributed by atoms with Gasteiger partial charge in [0.25, 0.3) is 5.89 Å². The van der Waals surface area contributed by atoms with Gasteiger partial charge in [-0.05, 0) is 39.0 Å². The van der Waals surface area contributed by atoms with E-state index in [9.17, 15) is 4.79 Å². The molecule has 23 heavy (non-hydrogen) atoms. The van der Waals surface area contributed by atoms with E-state index in [0.29, 0.717) is 17.5 Å². The minimum absolute atomic E-state index is 0.100. The molecule has 0 aromatic carbocycles. The number of aryl methyl sites for hydroxylation is 1. The Kier molecular flexibility index (Phi) is 3.55. The van der Waals surface area contributed by atoms with Crippen molar-refractivity contribution in [1.82, 2.24) is 25.1 Å². The monoisotopic (exact) mass is 313 g/mol. The van der Waals surface area contributed by atoms with E-state index < -0.39 is 0 Å². The number of aromatic nitrogens is 4. The molecule has 1 saturated heterocycles. The summed E-state index contributed by atoms with van der Waals surface area (Å²) in [7, 11) is 0. The zero-order chi connectivity index (χ0) is 15.8. The topological polar surface area (TPSA) is 85.0 Å². The molecular formula is C16H19N5O2. The molecule has 0 N–H and O–H groups in total. The number of piperidine rings is 1. The number of likely N-dealkylation sites (tertiary alicyclic amines) is 1. The Morgan fingerprint density at radius 2 is 2.04 bits per heavy atom. The Hall–Kier alpha value is -2.31. The molecule has 1 aliphatic heterocycles. The van der Waals surface area contributed by atoms with Gasteiger partial charge in [-0.3, -0.25) is 9.78 Å². The fraction of sp³-hybridized carbons (Fsp3) is 0.562. The molecule has 2 fully saturated rings. The Morgan fingerprint density at radius 1 is 1.17 bits per heavy atom. The van der Waals surface area contributed by atoms with Gasteiger partial charge < -0.3 is 9.32 Å². The highest BCUT2D eigenvalue weighted by atomic mass is 16.4. The quantitative estimate of drug-likeness (QED) is 0.864. The smallest absolute Gasteiger partial charge is 0.267 e. The summed E-state index contributed by atoms with van der Waals surface area (Å²) in [6, 6.07) is -0.100. The minimum atomic E-state index is -0.100. The predicted octanol–water partition coefficient (Wildman–Crippen LogP) is 2.30. The van der Waals surface area contributed by atoms with Crippen molar-refractivity contribution in [3.8, 4) is 11.6 Å². The average Bonchev–Trinajstić information content (AvgIpc) is 3.32. The molecule has 7 nitrogen and oxygen atoms in total. The number of hydrogen-bond acceptors (Lipinski definition) is 6. The second-order valence-electron chi connectivity index (χ2n) is 6.31. The zero-order valence-corrected chi connectivity index (χ0v) is 13.1. The van der Waals surface area contributed by atoms with Crippen molar-refractivity contribution in [1.29, 1.82) is 0 Å². The van der Waals surface area contributed by atoms with Crippen molar-refractivity contribution < 1.29 is 9.21 Å². The lowest BCUT2D eigenvalue weighted by atomic mass is 10.0. The van der Waals surface area contributed by atoms with E-state index in [0.717, 1.165) is 44.3 Å². The first-order valence-corrected chi connectivity index (χ1v) is 8.15. The summed E-state index contributed by atoms with van der Waals surface area (Å²) >= 11 is 0. The first-order valence-electron chi connectivity index (χ1n) is 8.15. The molecule has 1 amide bonds. The molecule has 1 aliphatic carbocycles. The molecule has 0 radical (unpaired) electrons. The van der Waals surface area contributed by atoms with Gasteiger partial charge in [-0.2, -0.15) is 0 Å². The summed E-state index contributed by atoms with van der Waals surface area (Å²) in [5.74, 6) is 1.32. The van der Waals surface area contributed by atoms with Gasteiger partial charge in [-0.25, -0.2) is 4.98 Å². The van der Waals surface area contributed by atoms with Crippen LogP contribution in [0.1, 0.15) is 49.7 Å². The van der Waals surface area contributed by atoms with Crippen molar-refractivity contribution >= 4 is 5.91 Å². The molecular weight excluding hydrogens is 294 g/mol. The third-order valence-corrected chi connectivity index (χ3v) is 4.44. The number of rotatable bonds is 3. The van der Waals surface area contributed by atoms with Crippen molar-refractivity contribution in [3.63, 3.8) is 0 Å².